The van der Waals surface area contributed by atoms with Gasteiger partial charge in [0.1, 0.15) is 23.9 Å². The lowest BCUT2D eigenvalue weighted by molar-refractivity contribution is -0.141. The molecule has 35 heavy (non-hydrogen) atoms. The molecule has 0 saturated carbocycles. The number of carboxylic acid groups (broad SMARTS) is 1. The first-order valence-electron chi connectivity index (χ1n) is 12.0. The van der Waals surface area contributed by atoms with E-state index in [2.05, 4.69) is 32.9 Å². The van der Waals surface area contributed by atoms with Gasteiger partial charge < -0.3 is 14.6 Å². The van der Waals surface area contributed by atoms with Crippen molar-refractivity contribution in [1.29, 1.82) is 0 Å². The van der Waals surface area contributed by atoms with Crippen molar-refractivity contribution in [2.75, 3.05) is 7.11 Å². The van der Waals surface area contributed by atoms with Crippen molar-refractivity contribution in [2.24, 2.45) is 5.92 Å². The summed E-state index contributed by atoms with van der Waals surface area (Å²) in [7, 11) is 1.58. The Balaban J connectivity index is 1.60. The Kier molecular flexibility index (Phi) is 6.88. The van der Waals surface area contributed by atoms with E-state index in [4.69, 9.17) is 9.47 Å². The van der Waals surface area contributed by atoms with Crippen LogP contribution in [0.15, 0.2) is 54.6 Å². The van der Waals surface area contributed by atoms with Gasteiger partial charge in [-0.1, -0.05) is 52.0 Å². The molecule has 0 heterocycles. The van der Waals surface area contributed by atoms with E-state index in [0.29, 0.717) is 17.9 Å². The summed E-state index contributed by atoms with van der Waals surface area (Å²) in [4.78, 5) is 11.5. The first-order chi connectivity index (χ1) is 16.6. The van der Waals surface area contributed by atoms with Crippen LogP contribution in [-0.4, -0.2) is 18.2 Å². The Hall–Kier alpha value is -3.34. The maximum atomic E-state index is 14.8. The van der Waals surface area contributed by atoms with Crippen LogP contribution in [0.5, 0.6) is 11.5 Å². The van der Waals surface area contributed by atoms with Crippen molar-refractivity contribution >= 4 is 5.97 Å². The van der Waals surface area contributed by atoms with E-state index in [1.807, 2.05) is 24.3 Å². The number of aryl methyl sites for hydroxylation is 1. The molecule has 184 valence electrons. The van der Waals surface area contributed by atoms with E-state index in [1.165, 1.54) is 11.6 Å². The maximum Gasteiger partial charge on any atom is 0.306 e. The fourth-order valence-electron chi connectivity index (χ4n) is 4.93. The number of ether oxygens (including phenoxy) is 2. The van der Waals surface area contributed by atoms with Crippen LogP contribution in [0.4, 0.5) is 4.39 Å². The van der Waals surface area contributed by atoms with E-state index >= 15 is 0 Å². The minimum Gasteiger partial charge on any atom is -0.497 e. The SMILES string of the molecule is COc1ccc(F)c(-c2ccc(COc3ccc4c(c3)C([C@@H](C)C(=O)O)CC4)cc2C(C)(C)C)c1. The fourth-order valence-corrected chi connectivity index (χ4v) is 4.93. The van der Waals surface area contributed by atoms with Gasteiger partial charge in [0, 0.05) is 5.56 Å². The summed E-state index contributed by atoms with van der Waals surface area (Å²) >= 11 is 0. The highest BCUT2D eigenvalue weighted by Crippen LogP contribution is 2.41. The molecule has 1 N–H and O–H groups in total. The molecule has 0 amide bonds. The van der Waals surface area contributed by atoms with Crippen LogP contribution < -0.4 is 9.47 Å². The van der Waals surface area contributed by atoms with Crippen LogP contribution in [0.1, 0.15) is 62.3 Å². The smallest absolute Gasteiger partial charge is 0.306 e. The van der Waals surface area contributed by atoms with Crippen molar-refractivity contribution in [2.45, 2.75) is 58.5 Å². The van der Waals surface area contributed by atoms with E-state index in [9.17, 15) is 14.3 Å². The van der Waals surface area contributed by atoms with Gasteiger partial charge in [-0.2, -0.15) is 0 Å². The highest BCUT2D eigenvalue weighted by molar-refractivity contribution is 5.72. The summed E-state index contributed by atoms with van der Waals surface area (Å²) in [5.74, 6) is -0.129. The summed E-state index contributed by atoms with van der Waals surface area (Å²) in [6.07, 6.45) is 1.75. The van der Waals surface area contributed by atoms with Gasteiger partial charge in [-0.05, 0) is 82.3 Å². The molecular formula is C30H33FO4. The highest BCUT2D eigenvalue weighted by Gasteiger charge is 2.31. The summed E-state index contributed by atoms with van der Waals surface area (Å²) < 4.78 is 26.2. The third-order valence-corrected chi connectivity index (χ3v) is 7.00. The van der Waals surface area contributed by atoms with Crippen molar-refractivity contribution < 1.29 is 23.8 Å². The molecule has 1 unspecified atom stereocenters. The summed E-state index contributed by atoms with van der Waals surface area (Å²) in [5.41, 5.74) is 5.42. The van der Waals surface area contributed by atoms with E-state index in [0.717, 1.165) is 40.8 Å². The van der Waals surface area contributed by atoms with Gasteiger partial charge in [-0.3, -0.25) is 4.79 Å². The molecule has 0 saturated heterocycles. The van der Waals surface area contributed by atoms with Crippen LogP contribution in [-0.2, 0) is 23.2 Å². The minimum absolute atomic E-state index is 0.00980. The Morgan fingerprint density at radius 1 is 1.06 bits per heavy atom. The van der Waals surface area contributed by atoms with Crippen molar-refractivity contribution in [3.05, 3.63) is 82.7 Å². The number of hydrogen-bond donors (Lipinski definition) is 1. The first-order valence-corrected chi connectivity index (χ1v) is 12.0. The van der Waals surface area contributed by atoms with Crippen LogP contribution in [0.25, 0.3) is 11.1 Å². The number of methoxy groups -OCH3 is 1. The van der Waals surface area contributed by atoms with Crippen LogP contribution >= 0.6 is 0 Å². The van der Waals surface area contributed by atoms with Gasteiger partial charge in [0.2, 0.25) is 0 Å². The van der Waals surface area contributed by atoms with E-state index < -0.39 is 11.9 Å². The first kappa shape index (κ1) is 24.8. The van der Waals surface area contributed by atoms with Gasteiger partial charge >= 0.3 is 5.97 Å². The quantitative estimate of drug-likeness (QED) is 0.394. The number of aliphatic carboxylic acids is 1. The molecule has 0 spiro atoms. The topological polar surface area (TPSA) is 55.8 Å². The van der Waals surface area contributed by atoms with Gasteiger partial charge in [0.25, 0.3) is 0 Å². The van der Waals surface area contributed by atoms with Gasteiger partial charge in [0.15, 0.2) is 0 Å². The zero-order chi connectivity index (χ0) is 25.3. The standard InChI is InChI=1S/C30H33FO4/c1-18(29(32)33)23-12-8-20-7-9-22(16-25(20)23)35-17-19-6-11-24(27(14-19)30(2,3)4)26-15-21(34-5)10-13-28(26)31/h6-7,9-11,13-16,18,23H,8,12,17H2,1-5H3,(H,32,33)/t18-,23?/m1/s1. The lowest BCUT2D eigenvalue weighted by atomic mass is 9.81. The summed E-state index contributed by atoms with van der Waals surface area (Å²) in [5, 5.41) is 9.47. The Morgan fingerprint density at radius 3 is 2.49 bits per heavy atom. The van der Waals surface area contributed by atoms with Gasteiger partial charge in [-0.25, -0.2) is 4.39 Å². The second-order valence-corrected chi connectivity index (χ2v) is 10.4. The predicted molar refractivity (Wildman–Crippen MR) is 136 cm³/mol. The Bertz CT molecular complexity index is 1240. The normalized spacial score (nSPS) is 16.0. The Morgan fingerprint density at radius 2 is 1.80 bits per heavy atom. The van der Waals surface area contributed by atoms with Gasteiger partial charge in [-0.15, -0.1) is 0 Å². The van der Waals surface area contributed by atoms with Gasteiger partial charge in [0.05, 0.1) is 13.0 Å². The molecule has 1 aliphatic carbocycles. The molecule has 3 aromatic carbocycles. The Labute approximate surface area is 206 Å². The highest BCUT2D eigenvalue weighted by atomic mass is 19.1. The zero-order valence-electron chi connectivity index (χ0n) is 21.0. The number of halogens is 1. The summed E-state index contributed by atoms with van der Waals surface area (Å²) in [6.45, 7) is 8.47. The number of carboxylic acids is 1. The van der Waals surface area contributed by atoms with Crippen LogP contribution in [0, 0.1) is 11.7 Å². The number of carbonyl (C=O) groups is 1. The molecular weight excluding hydrogens is 443 g/mol. The van der Waals surface area contributed by atoms with Crippen LogP contribution in [0.2, 0.25) is 0 Å². The third-order valence-electron chi connectivity index (χ3n) is 7.00. The third kappa shape index (κ3) is 5.19. The molecule has 0 bridgehead atoms. The molecule has 3 aromatic rings. The van der Waals surface area contributed by atoms with Crippen molar-refractivity contribution in [3.8, 4) is 22.6 Å². The summed E-state index contributed by atoms with van der Waals surface area (Å²) in [6, 6.07) is 16.8. The average Bonchev–Trinajstić information content (AvgIpc) is 3.25. The number of benzene rings is 3. The lowest BCUT2D eigenvalue weighted by Crippen LogP contribution is -2.17. The fraction of sp³-hybridized carbons (Fsp3) is 0.367. The number of hydrogen-bond acceptors (Lipinski definition) is 3. The molecule has 1 aliphatic rings. The van der Waals surface area contributed by atoms with Crippen LogP contribution in [0.3, 0.4) is 0 Å². The lowest BCUT2D eigenvalue weighted by Gasteiger charge is -2.25. The molecule has 0 aromatic heterocycles. The van der Waals surface area contributed by atoms with Crippen molar-refractivity contribution in [1.82, 2.24) is 0 Å². The van der Waals surface area contributed by atoms with E-state index in [1.54, 1.807) is 26.2 Å². The molecule has 0 radical (unpaired) electrons. The molecule has 5 heteroatoms. The average molecular weight is 477 g/mol. The molecule has 0 aliphatic heterocycles. The largest absolute Gasteiger partial charge is 0.497 e. The second-order valence-electron chi connectivity index (χ2n) is 10.4. The molecule has 4 rings (SSSR count). The molecule has 2 atom stereocenters. The number of rotatable bonds is 7. The van der Waals surface area contributed by atoms with Crippen molar-refractivity contribution in [3.63, 3.8) is 0 Å². The minimum atomic E-state index is -0.767. The predicted octanol–water partition coefficient (Wildman–Crippen LogP) is 7.13. The number of fused-ring (bicyclic) bond motifs is 1. The zero-order valence-corrected chi connectivity index (χ0v) is 21.0. The monoisotopic (exact) mass is 476 g/mol. The molecule has 4 nitrogen and oxygen atoms in total. The maximum absolute atomic E-state index is 14.8. The second kappa shape index (κ2) is 9.73. The van der Waals surface area contributed by atoms with E-state index in [-0.39, 0.29) is 17.2 Å². The molecule has 0 fully saturated rings.